The molecule has 0 spiro atoms. The number of carbonyl (C=O) groups is 1. The molecule has 1 aromatic carbocycles. The number of carbonyl (C=O) groups excluding carboxylic acids is 1. The summed E-state index contributed by atoms with van der Waals surface area (Å²) in [5.41, 5.74) is 0.986. The first-order valence-electron chi connectivity index (χ1n) is 4.66. The molecule has 3 heteroatoms. The van der Waals surface area contributed by atoms with Crippen molar-refractivity contribution >= 4 is 12.0 Å². The van der Waals surface area contributed by atoms with E-state index < -0.39 is 5.97 Å². The van der Waals surface area contributed by atoms with Crippen LogP contribution in [-0.4, -0.2) is 20.2 Å². The van der Waals surface area contributed by atoms with Crippen molar-refractivity contribution in [1.29, 1.82) is 0 Å². The highest BCUT2D eigenvalue weighted by atomic mass is 16.5. The zero-order chi connectivity index (χ0) is 11.8. The standard InChI is InChI=1S/C13H12O3/c1-15-12-9-7-11(8-10-12)5-3-4-6-13(14)16-2/h3,5,7-10H,1-2H3/b5-3+. The van der Waals surface area contributed by atoms with E-state index in [-0.39, 0.29) is 0 Å². The average Bonchev–Trinajstić information content (AvgIpc) is 2.35. The van der Waals surface area contributed by atoms with E-state index in [2.05, 4.69) is 16.6 Å². The summed E-state index contributed by atoms with van der Waals surface area (Å²) in [4.78, 5) is 10.7. The first kappa shape index (κ1) is 11.9. The fraction of sp³-hybridized carbons (Fsp3) is 0.154. The van der Waals surface area contributed by atoms with Crippen molar-refractivity contribution in [3.63, 3.8) is 0 Å². The molecule has 0 aromatic heterocycles. The van der Waals surface area contributed by atoms with Gasteiger partial charge < -0.3 is 9.47 Å². The summed E-state index contributed by atoms with van der Waals surface area (Å²) in [5, 5.41) is 0. The SMILES string of the molecule is COC(=O)C#C/C=C/c1ccc(OC)cc1. The predicted molar refractivity (Wildman–Crippen MR) is 61.8 cm³/mol. The average molecular weight is 216 g/mol. The van der Waals surface area contributed by atoms with Gasteiger partial charge in [0.25, 0.3) is 0 Å². The van der Waals surface area contributed by atoms with Gasteiger partial charge in [0.2, 0.25) is 0 Å². The van der Waals surface area contributed by atoms with E-state index in [4.69, 9.17) is 4.74 Å². The quantitative estimate of drug-likeness (QED) is 0.430. The molecule has 0 bridgehead atoms. The Morgan fingerprint density at radius 2 is 1.94 bits per heavy atom. The number of methoxy groups -OCH3 is 2. The molecule has 0 saturated carbocycles. The second-order valence-electron chi connectivity index (χ2n) is 2.87. The van der Waals surface area contributed by atoms with Gasteiger partial charge in [-0.1, -0.05) is 18.1 Å². The molecule has 0 N–H and O–H groups in total. The van der Waals surface area contributed by atoms with Crippen LogP contribution in [-0.2, 0) is 9.53 Å². The first-order valence-corrected chi connectivity index (χ1v) is 4.66. The lowest BCUT2D eigenvalue weighted by molar-refractivity contribution is -0.133. The maximum Gasteiger partial charge on any atom is 0.384 e. The Kier molecular flexibility index (Phi) is 4.68. The lowest BCUT2D eigenvalue weighted by atomic mass is 10.2. The largest absolute Gasteiger partial charge is 0.497 e. The summed E-state index contributed by atoms with van der Waals surface area (Å²) < 4.78 is 9.40. The van der Waals surface area contributed by atoms with Crippen molar-refractivity contribution in [3.05, 3.63) is 35.9 Å². The third-order valence-corrected chi connectivity index (χ3v) is 1.83. The van der Waals surface area contributed by atoms with Crippen LogP contribution in [0.15, 0.2) is 30.3 Å². The molecule has 1 aromatic rings. The molecule has 0 unspecified atom stereocenters. The van der Waals surface area contributed by atoms with Crippen molar-refractivity contribution in [2.45, 2.75) is 0 Å². The maximum absolute atomic E-state index is 10.7. The van der Waals surface area contributed by atoms with Gasteiger partial charge in [-0.05, 0) is 29.8 Å². The summed E-state index contributed by atoms with van der Waals surface area (Å²) in [6, 6.07) is 7.51. The Bertz CT molecular complexity index is 432. The van der Waals surface area contributed by atoms with Gasteiger partial charge in [-0.15, -0.1) is 0 Å². The van der Waals surface area contributed by atoms with E-state index in [1.165, 1.54) is 7.11 Å². The molecular formula is C13H12O3. The van der Waals surface area contributed by atoms with Crippen LogP contribution >= 0.6 is 0 Å². The fourth-order valence-corrected chi connectivity index (χ4v) is 1.00. The Morgan fingerprint density at radius 1 is 1.25 bits per heavy atom. The van der Waals surface area contributed by atoms with E-state index in [0.717, 1.165) is 11.3 Å². The van der Waals surface area contributed by atoms with Crippen molar-refractivity contribution in [2.24, 2.45) is 0 Å². The Morgan fingerprint density at radius 3 is 2.50 bits per heavy atom. The molecule has 0 fully saturated rings. The lowest BCUT2D eigenvalue weighted by Crippen LogP contribution is -1.93. The smallest absolute Gasteiger partial charge is 0.384 e. The molecule has 0 radical (unpaired) electrons. The van der Waals surface area contributed by atoms with Crippen LogP contribution in [0.1, 0.15) is 5.56 Å². The fourth-order valence-electron chi connectivity index (χ4n) is 1.00. The highest BCUT2D eigenvalue weighted by molar-refractivity contribution is 5.88. The summed E-state index contributed by atoms with van der Waals surface area (Å²) in [6.07, 6.45) is 3.40. The van der Waals surface area contributed by atoms with E-state index in [9.17, 15) is 4.79 Å². The highest BCUT2D eigenvalue weighted by Crippen LogP contribution is 2.11. The molecule has 0 aliphatic rings. The second-order valence-corrected chi connectivity index (χ2v) is 2.87. The van der Waals surface area contributed by atoms with Crippen LogP contribution in [0, 0.1) is 11.8 Å². The summed E-state index contributed by atoms with van der Waals surface area (Å²) in [7, 11) is 2.91. The molecule has 0 amide bonds. The first-order chi connectivity index (χ1) is 7.76. The van der Waals surface area contributed by atoms with Crippen molar-refractivity contribution < 1.29 is 14.3 Å². The molecule has 0 saturated heterocycles. The third-order valence-electron chi connectivity index (χ3n) is 1.83. The van der Waals surface area contributed by atoms with E-state index in [1.807, 2.05) is 24.3 Å². The molecule has 1 rings (SSSR count). The van der Waals surface area contributed by atoms with Crippen LogP contribution in [0.4, 0.5) is 0 Å². The zero-order valence-corrected chi connectivity index (χ0v) is 9.19. The van der Waals surface area contributed by atoms with Gasteiger partial charge >= 0.3 is 5.97 Å². The van der Waals surface area contributed by atoms with Gasteiger partial charge in [0, 0.05) is 5.92 Å². The Labute approximate surface area is 94.7 Å². The van der Waals surface area contributed by atoms with Gasteiger partial charge in [-0.25, -0.2) is 4.79 Å². The summed E-state index contributed by atoms with van der Waals surface area (Å²) >= 11 is 0. The number of hydrogen-bond acceptors (Lipinski definition) is 3. The third kappa shape index (κ3) is 3.89. The van der Waals surface area contributed by atoms with Crippen LogP contribution < -0.4 is 4.74 Å². The van der Waals surface area contributed by atoms with E-state index in [0.29, 0.717) is 0 Å². The topological polar surface area (TPSA) is 35.5 Å². The number of allylic oxidation sites excluding steroid dienone is 1. The molecule has 16 heavy (non-hydrogen) atoms. The number of esters is 1. The van der Waals surface area contributed by atoms with Gasteiger partial charge in [0.05, 0.1) is 14.2 Å². The second kappa shape index (κ2) is 6.31. The van der Waals surface area contributed by atoms with Crippen LogP contribution in [0.2, 0.25) is 0 Å². The van der Waals surface area contributed by atoms with E-state index >= 15 is 0 Å². The minimum Gasteiger partial charge on any atom is -0.497 e. The molecule has 0 atom stereocenters. The molecule has 0 heterocycles. The predicted octanol–water partition coefficient (Wildman–Crippen LogP) is 1.88. The Balaban J connectivity index is 2.61. The Hall–Kier alpha value is -2.21. The van der Waals surface area contributed by atoms with Gasteiger partial charge in [0.15, 0.2) is 0 Å². The molecule has 82 valence electrons. The molecule has 0 aliphatic carbocycles. The minimum atomic E-state index is -0.542. The number of rotatable bonds is 2. The minimum absolute atomic E-state index is 0.542. The lowest BCUT2D eigenvalue weighted by Gasteiger charge is -1.98. The number of ether oxygens (including phenoxy) is 2. The number of benzene rings is 1. The molecule has 0 aliphatic heterocycles. The van der Waals surface area contributed by atoms with E-state index in [1.54, 1.807) is 19.3 Å². The van der Waals surface area contributed by atoms with Crippen molar-refractivity contribution in [2.75, 3.05) is 14.2 Å². The summed E-state index contributed by atoms with van der Waals surface area (Å²) in [6.45, 7) is 0. The van der Waals surface area contributed by atoms with Crippen LogP contribution in [0.5, 0.6) is 5.75 Å². The zero-order valence-electron chi connectivity index (χ0n) is 9.19. The maximum atomic E-state index is 10.7. The van der Waals surface area contributed by atoms with Gasteiger partial charge in [0.1, 0.15) is 5.75 Å². The molecule has 3 nitrogen and oxygen atoms in total. The summed E-state index contributed by atoms with van der Waals surface area (Å²) in [5.74, 6) is 5.14. The normalized spacial score (nSPS) is 9.38. The van der Waals surface area contributed by atoms with Gasteiger partial charge in [-0.2, -0.15) is 0 Å². The van der Waals surface area contributed by atoms with Gasteiger partial charge in [-0.3, -0.25) is 0 Å². The van der Waals surface area contributed by atoms with Crippen LogP contribution in [0.3, 0.4) is 0 Å². The molecular weight excluding hydrogens is 204 g/mol. The highest BCUT2D eigenvalue weighted by Gasteiger charge is 1.89. The van der Waals surface area contributed by atoms with Crippen LogP contribution in [0.25, 0.3) is 6.08 Å². The monoisotopic (exact) mass is 216 g/mol. The van der Waals surface area contributed by atoms with Crippen molar-refractivity contribution in [1.82, 2.24) is 0 Å². The van der Waals surface area contributed by atoms with Crippen molar-refractivity contribution in [3.8, 4) is 17.6 Å². The number of hydrogen-bond donors (Lipinski definition) is 0.